The van der Waals surface area contributed by atoms with E-state index in [1.54, 1.807) is 27.7 Å². The minimum Gasteiger partial charge on any atom is -0.337 e. The van der Waals surface area contributed by atoms with Gasteiger partial charge in [0.1, 0.15) is 6.04 Å². The standard InChI is InChI=1S/C10H16N2O4/c1-5-6(2)10(14)16-12(9(5)13)8(4)7(3)11-15/h5-8H,1-4H3/t5?,6?,7-,8?/m1/s1. The fraction of sp³-hybridized carbons (Fsp3) is 0.800. The molecular formula is C10H16N2O4. The summed E-state index contributed by atoms with van der Waals surface area (Å²) in [6.45, 7) is 6.52. The van der Waals surface area contributed by atoms with Crippen LogP contribution in [0.3, 0.4) is 0 Å². The summed E-state index contributed by atoms with van der Waals surface area (Å²) < 4.78 is 0. The van der Waals surface area contributed by atoms with Crippen molar-refractivity contribution >= 4 is 11.9 Å². The molecule has 16 heavy (non-hydrogen) atoms. The Morgan fingerprint density at radius 1 is 1.25 bits per heavy atom. The molecule has 1 fully saturated rings. The van der Waals surface area contributed by atoms with E-state index in [-0.39, 0.29) is 5.91 Å². The van der Waals surface area contributed by atoms with Gasteiger partial charge in [-0.1, -0.05) is 19.0 Å². The van der Waals surface area contributed by atoms with Gasteiger partial charge in [0.15, 0.2) is 0 Å². The summed E-state index contributed by atoms with van der Waals surface area (Å²) in [6.07, 6.45) is 0. The first kappa shape index (κ1) is 12.6. The Kier molecular flexibility index (Phi) is 3.62. The molecule has 3 unspecified atom stereocenters. The lowest BCUT2D eigenvalue weighted by molar-refractivity contribution is -0.226. The Labute approximate surface area is 93.9 Å². The van der Waals surface area contributed by atoms with Crippen LogP contribution in [0.4, 0.5) is 0 Å². The highest BCUT2D eigenvalue weighted by Gasteiger charge is 2.42. The fourth-order valence-electron chi connectivity index (χ4n) is 1.41. The number of nitroso groups, excluding NO2 is 1. The smallest absolute Gasteiger partial charge is 0.336 e. The molecule has 0 aromatic rings. The van der Waals surface area contributed by atoms with Crippen molar-refractivity contribution in [3.63, 3.8) is 0 Å². The predicted molar refractivity (Wildman–Crippen MR) is 56.0 cm³/mol. The van der Waals surface area contributed by atoms with Crippen LogP contribution in [0.15, 0.2) is 5.18 Å². The molecule has 0 aromatic carbocycles. The molecule has 1 saturated heterocycles. The maximum atomic E-state index is 11.8. The Bertz CT molecular complexity index is 318. The lowest BCUT2D eigenvalue weighted by atomic mass is 9.93. The second-order valence-electron chi connectivity index (χ2n) is 4.24. The molecule has 0 spiro atoms. The van der Waals surface area contributed by atoms with Gasteiger partial charge in [0.2, 0.25) is 0 Å². The van der Waals surface area contributed by atoms with Crippen molar-refractivity contribution in [1.82, 2.24) is 5.06 Å². The van der Waals surface area contributed by atoms with E-state index in [1.165, 1.54) is 0 Å². The van der Waals surface area contributed by atoms with E-state index in [2.05, 4.69) is 5.18 Å². The lowest BCUT2D eigenvalue weighted by Gasteiger charge is -2.36. The molecule has 1 aliphatic rings. The maximum absolute atomic E-state index is 11.8. The number of amides is 1. The van der Waals surface area contributed by atoms with Gasteiger partial charge in [-0.25, -0.2) is 4.79 Å². The highest BCUT2D eigenvalue weighted by atomic mass is 16.7. The zero-order valence-corrected chi connectivity index (χ0v) is 9.84. The normalized spacial score (nSPS) is 29.6. The van der Waals surface area contributed by atoms with Crippen LogP contribution in [0.2, 0.25) is 0 Å². The largest absolute Gasteiger partial charge is 0.337 e. The lowest BCUT2D eigenvalue weighted by Crippen LogP contribution is -2.53. The third-order valence-electron chi connectivity index (χ3n) is 3.15. The molecule has 0 aromatic heterocycles. The van der Waals surface area contributed by atoms with Crippen molar-refractivity contribution in [3.05, 3.63) is 4.91 Å². The number of carbonyl (C=O) groups excluding carboxylic acids is 2. The molecule has 90 valence electrons. The first-order valence-electron chi connectivity index (χ1n) is 5.27. The third kappa shape index (κ3) is 2.05. The molecule has 0 bridgehead atoms. The number of nitrogens with zero attached hydrogens (tertiary/aromatic N) is 2. The van der Waals surface area contributed by atoms with Crippen LogP contribution in [-0.2, 0) is 14.4 Å². The van der Waals surface area contributed by atoms with Crippen molar-refractivity contribution in [2.24, 2.45) is 17.0 Å². The summed E-state index contributed by atoms with van der Waals surface area (Å²) >= 11 is 0. The summed E-state index contributed by atoms with van der Waals surface area (Å²) in [5.74, 6) is -1.61. The first-order chi connectivity index (χ1) is 7.40. The zero-order chi connectivity index (χ0) is 12.5. The van der Waals surface area contributed by atoms with Gasteiger partial charge in [-0.3, -0.25) is 4.79 Å². The van der Waals surface area contributed by atoms with Gasteiger partial charge in [0.05, 0.1) is 17.9 Å². The van der Waals surface area contributed by atoms with Crippen LogP contribution in [-0.4, -0.2) is 29.0 Å². The molecule has 6 heteroatoms. The second kappa shape index (κ2) is 4.59. The van der Waals surface area contributed by atoms with Gasteiger partial charge in [-0.05, 0) is 13.8 Å². The minimum absolute atomic E-state index is 0.282. The van der Waals surface area contributed by atoms with Gasteiger partial charge >= 0.3 is 5.97 Å². The molecule has 0 radical (unpaired) electrons. The predicted octanol–water partition coefficient (Wildman–Crippen LogP) is 1.10. The van der Waals surface area contributed by atoms with E-state index in [4.69, 9.17) is 4.84 Å². The van der Waals surface area contributed by atoms with Crippen LogP contribution in [0.1, 0.15) is 27.7 Å². The molecule has 1 heterocycles. The summed E-state index contributed by atoms with van der Waals surface area (Å²) in [5.41, 5.74) is 0. The van der Waals surface area contributed by atoms with Gasteiger partial charge in [-0.2, -0.15) is 9.97 Å². The van der Waals surface area contributed by atoms with Crippen LogP contribution in [0.25, 0.3) is 0 Å². The van der Waals surface area contributed by atoms with Crippen LogP contribution >= 0.6 is 0 Å². The first-order valence-corrected chi connectivity index (χ1v) is 5.27. The second-order valence-corrected chi connectivity index (χ2v) is 4.24. The van der Waals surface area contributed by atoms with Crippen LogP contribution in [0.5, 0.6) is 0 Å². The molecule has 6 nitrogen and oxygen atoms in total. The van der Waals surface area contributed by atoms with Crippen LogP contribution < -0.4 is 0 Å². The highest BCUT2D eigenvalue weighted by Crippen LogP contribution is 2.25. The molecule has 4 atom stereocenters. The molecule has 0 N–H and O–H groups in total. The fourth-order valence-corrected chi connectivity index (χ4v) is 1.41. The zero-order valence-electron chi connectivity index (χ0n) is 9.84. The number of hydroxylamine groups is 2. The summed E-state index contributed by atoms with van der Waals surface area (Å²) in [5, 5.41) is 3.80. The molecule has 0 aliphatic carbocycles. The Morgan fingerprint density at radius 2 is 1.81 bits per heavy atom. The summed E-state index contributed by atoms with van der Waals surface area (Å²) in [4.78, 5) is 38.6. The van der Waals surface area contributed by atoms with Gasteiger partial charge in [0.25, 0.3) is 5.91 Å². The Hall–Kier alpha value is -1.46. The van der Waals surface area contributed by atoms with Gasteiger partial charge in [-0.15, -0.1) is 0 Å². The number of carbonyl (C=O) groups is 2. The molecule has 1 rings (SSSR count). The average molecular weight is 228 g/mol. The van der Waals surface area contributed by atoms with E-state index in [0.29, 0.717) is 0 Å². The number of rotatable bonds is 3. The van der Waals surface area contributed by atoms with Crippen LogP contribution in [0, 0.1) is 16.7 Å². The van der Waals surface area contributed by atoms with Crippen molar-refractivity contribution in [2.75, 3.05) is 0 Å². The van der Waals surface area contributed by atoms with E-state index < -0.39 is 29.9 Å². The van der Waals surface area contributed by atoms with Crippen molar-refractivity contribution in [2.45, 2.75) is 39.8 Å². The van der Waals surface area contributed by atoms with Crippen molar-refractivity contribution in [3.8, 4) is 0 Å². The third-order valence-corrected chi connectivity index (χ3v) is 3.15. The van der Waals surface area contributed by atoms with E-state index in [0.717, 1.165) is 5.06 Å². The SMILES string of the molecule is CC1C(=O)ON(C(C)[C@@H](C)N=O)C(=O)C1C. The van der Waals surface area contributed by atoms with Gasteiger partial charge < -0.3 is 4.84 Å². The van der Waals surface area contributed by atoms with E-state index >= 15 is 0 Å². The summed E-state index contributed by atoms with van der Waals surface area (Å²) in [7, 11) is 0. The van der Waals surface area contributed by atoms with E-state index in [1.807, 2.05) is 0 Å². The molecule has 1 amide bonds. The molecule has 1 aliphatic heterocycles. The quantitative estimate of drug-likeness (QED) is 0.678. The number of hydrogen-bond acceptors (Lipinski definition) is 5. The average Bonchev–Trinajstić information content (AvgIpc) is 2.29. The topological polar surface area (TPSA) is 76.0 Å². The number of hydrogen-bond donors (Lipinski definition) is 0. The van der Waals surface area contributed by atoms with E-state index in [9.17, 15) is 14.5 Å². The van der Waals surface area contributed by atoms with Crippen molar-refractivity contribution < 1.29 is 14.4 Å². The monoisotopic (exact) mass is 228 g/mol. The highest BCUT2D eigenvalue weighted by molar-refractivity contribution is 5.88. The molecular weight excluding hydrogens is 212 g/mol. The minimum atomic E-state index is -0.614. The maximum Gasteiger partial charge on any atom is 0.336 e. The van der Waals surface area contributed by atoms with Gasteiger partial charge in [0, 0.05) is 0 Å². The Balaban J connectivity index is 2.85. The Morgan fingerprint density at radius 3 is 2.31 bits per heavy atom. The summed E-state index contributed by atoms with van der Waals surface area (Å²) in [6, 6.07) is -1.15. The van der Waals surface area contributed by atoms with Crippen molar-refractivity contribution in [1.29, 1.82) is 0 Å². The molecule has 0 saturated carbocycles.